The molecule has 0 heterocycles. The van der Waals surface area contributed by atoms with Crippen LogP contribution in [0.1, 0.15) is 18.4 Å². The van der Waals surface area contributed by atoms with E-state index in [9.17, 15) is 13.2 Å². The second kappa shape index (κ2) is 10.3. The number of ether oxygens (including phenoxy) is 1. The minimum Gasteiger partial charge on any atom is -0.491 e. The summed E-state index contributed by atoms with van der Waals surface area (Å²) in [6.07, 6.45) is 1.85. The van der Waals surface area contributed by atoms with Crippen LogP contribution in [0.25, 0.3) is 10.8 Å². The number of anilines is 1. The van der Waals surface area contributed by atoms with Crippen LogP contribution in [-0.4, -0.2) is 40.3 Å². The number of hydrogen-bond donors (Lipinski definition) is 1. The van der Waals surface area contributed by atoms with Crippen LogP contribution < -0.4 is 14.4 Å². The summed E-state index contributed by atoms with van der Waals surface area (Å²) in [6, 6.07) is 21.2. The molecule has 0 aliphatic carbocycles. The van der Waals surface area contributed by atoms with Gasteiger partial charge in [0.05, 0.1) is 18.5 Å². The summed E-state index contributed by atoms with van der Waals surface area (Å²) in [5.41, 5.74) is 1.60. The Hall–Kier alpha value is -3.06. The van der Waals surface area contributed by atoms with Gasteiger partial charge < -0.3 is 10.1 Å². The van der Waals surface area contributed by atoms with E-state index in [0.29, 0.717) is 25.3 Å². The third-order valence-electron chi connectivity index (χ3n) is 4.89. The van der Waals surface area contributed by atoms with Gasteiger partial charge >= 0.3 is 0 Å². The Morgan fingerprint density at radius 3 is 2.55 bits per heavy atom. The van der Waals surface area contributed by atoms with Crippen LogP contribution in [0.3, 0.4) is 0 Å². The highest BCUT2D eigenvalue weighted by Gasteiger charge is 2.17. The standard InChI is InChI=1S/C24H28N2O4S/c1-19-8-5-11-21(18-19)26(31(2,28)29)16-7-14-24(27)25-15-17-30-23-13-6-10-20-9-3-4-12-22(20)23/h3-6,8-13,18H,7,14-17H2,1-2H3,(H,25,27). The van der Waals surface area contributed by atoms with Crippen molar-refractivity contribution in [2.24, 2.45) is 0 Å². The summed E-state index contributed by atoms with van der Waals surface area (Å²) in [6.45, 7) is 2.91. The molecule has 0 fully saturated rings. The lowest BCUT2D eigenvalue weighted by atomic mass is 10.1. The van der Waals surface area contributed by atoms with Crippen LogP contribution in [0, 0.1) is 6.92 Å². The number of rotatable bonds is 10. The molecule has 0 spiro atoms. The minimum atomic E-state index is -3.42. The Morgan fingerprint density at radius 2 is 1.77 bits per heavy atom. The highest BCUT2D eigenvalue weighted by Crippen LogP contribution is 2.25. The average Bonchev–Trinajstić information content (AvgIpc) is 2.73. The van der Waals surface area contributed by atoms with E-state index >= 15 is 0 Å². The van der Waals surface area contributed by atoms with Crippen molar-refractivity contribution in [3.05, 3.63) is 72.3 Å². The largest absolute Gasteiger partial charge is 0.491 e. The normalized spacial score (nSPS) is 11.3. The van der Waals surface area contributed by atoms with Crippen molar-refractivity contribution in [2.45, 2.75) is 19.8 Å². The maximum Gasteiger partial charge on any atom is 0.232 e. The minimum absolute atomic E-state index is 0.126. The molecule has 3 rings (SSSR count). The molecule has 3 aromatic carbocycles. The van der Waals surface area contributed by atoms with E-state index in [0.717, 1.165) is 22.1 Å². The summed E-state index contributed by atoms with van der Waals surface area (Å²) in [4.78, 5) is 12.2. The summed E-state index contributed by atoms with van der Waals surface area (Å²) in [5.74, 6) is 0.661. The molecule has 0 aromatic heterocycles. The fraction of sp³-hybridized carbons (Fsp3) is 0.292. The number of nitrogens with one attached hydrogen (secondary N) is 1. The van der Waals surface area contributed by atoms with Gasteiger partial charge in [-0.3, -0.25) is 9.10 Å². The van der Waals surface area contributed by atoms with Crippen molar-refractivity contribution >= 4 is 32.4 Å². The molecule has 31 heavy (non-hydrogen) atoms. The van der Waals surface area contributed by atoms with Gasteiger partial charge in [0.15, 0.2) is 0 Å². The predicted octanol–water partition coefficient (Wildman–Crippen LogP) is 3.89. The van der Waals surface area contributed by atoms with Crippen LogP contribution in [0.2, 0.25) is 0 Å². The van der Waals surface area contributed by atoms with Crippen molar-refractivity contribution < 1.29 is 17.9 Å². The van der Waals surface area contributed by atoms with Gasteiger partial charge in [0, 0.05) is 18.4 Å². The SMILES string of the molecule is Cc1cccc(N(CCCC(=O)NCCOc2cccc3ccccc23)S(C)(=O)=O)c1. The lowest BCUT2D eigenvalue weighted by molar-refractivity contribution is -0.121. The van der Waals surface area contributed by atoms with Gasteiger partial charge in [0.2, 0.25) is 15.9 Å². The lowest BCUT2D eigenvalue weighted by Crippen LogP contribution is -2.33. The van der Waals surface area contributed by atoms with Crippen LogP contribution in [0.5, 0.6) is 5.75 Å². The Bertz CT molecular complexity index is 1140. The summed E-state index contributed by atoms with van der Waals surface area (Å²) >= 11 is 0. The first-order chi connectivity index (χ1) is 14.8. The molecular weight excluding hydrogens is 412 g/mol. The number of carbonyl (C=O) groups excluding carboxylic acids is 1. The number of aryl methyl sites for hydroxylation is 1. The van der Waals surface area contributed by atoms with Crippen LogP contribution in [0.4, 0.5) is 5.69 Å². The van der Waals surface area contributed by atoms with Crippen molar-refractivity contribution in [3.8, 4) is 5.75 Å². The third kappa shape index (κ3) is 6.46. The van der Waals surface area contributed by atoms with E-state index in [4.69, 9.17) is 4.74 Å². The van der Waals surface area contributed by atoms with Crippen molar-refractivity contribution in [1.82, 2.24) is 5.32 Å². The monoisotopic (exact) mass is 440 g/mol. The first-order valence-electron chi connectivity index (χ1n) is 10.3. The Labute approximate surface area is 183 Å². The number of hydrogen-bond acceptors (Lipinski definition) is 4. The van der Waals surface area contributed by atoms with Crippen LogP contribution in [0.15, 0.2) is 66.7 Å². The maximum atomic E-state index is 12.2. The fourth-order valence-electron chi connectivity index (χ4n) is 3.41. The zero-order valence-electron chi connectivity index (χ0n) is 17.9. The zero-order chi connectivity index (χ0) is 22.3. The second-order valence-corrected chi connectivity index (χ2v) is 9.36. The molecule has 7 heteroatoms. The van der Waals surface area contributed by atoms with E-state index in [1.807, 2.05) is 67.6 Å². The van der Waals surface area contributed by atoms with Gasteiger partial charge in [0.1, 0.15) is 12.4 Å². The molecule has 0 unspecified atom stereocenters. The zero-order valence-corrected chi connectivity index (χ0v) is 18.7. The van der Waals surface area contributed by atoms with Crippen molar-refractivity contribution in [1.29, 1.82) is 0 Å². The molecule has 6 nitrogen and oxygen atoms in total. The van der Waals surface area contributed by atoms with Crippen LogP contribution in [-0.2, 0) is 14.8 Å². The molecule has 0 radical (unpaired) electrons. The number of benzene rings is 3. The smallest absolute Gasteiger partial charge is 0.232 e. The number of fused-ring (bicyclic) bond motifs is 1. The van der Waals surface area contributed by atoms with E-state index in [1.54, 1.807) is 6.07 Å². The third-order valence-corrected chi connectivity index (χ3v) is 6.08. The Balaban J connectivity index is 1.44. The molecule has 0 atom stereocenters. The average molecular weight is 441 g/mol. The van der Waals surface area contributed by atoms with Crippen molar-refractivity contribution in [3.63, 3.8) is 0 Å². The fourth-order valence-corrected chi connectivity index (χ4v) is 4.37. The molecule has 0 aliphatic rings. The van der Waals surface area contributed by atoms with Gasteiger partial charge in [-0.15, -0.1) is 0 Å². The molecule has 164 valence electrons. The van der Waals surface area contributed by atoms with Gasteiger partial charge in [-0.05, 0) is 42.5 Å². The van der Waals surface area contributed by atoms with Gasteiger partial charge in [-0.25, -0.2) is 8.42 Å². The molecule has 3 aromatic rings. The van der Waals surface area contributed by atoms with Crippen LogP contribution >= 0.6 is 0 Å². The Morgan fingerprint density at radius 1 is 1.03 bits per heavy atom. The highest BCUT2D eigenvalue weighted by molar-refractivity contribution is 7.92. The summed E-state index contributed by atoms with van der Waals surface area (Å²) < 4.78 is 31.5. The topological polar surface area (TPSA) is 75.7 Å². The number of nitrogens with zero attached hydrogens (tertiary/aromatic N) is 1. The molecule has 0 bridgehead atoms. The van der Waals surface area contributed by atoms with Crippen molar-refractivity contribution in [2.75, 3.05) is 30.3 Å². The van der Waals surface area contributed by atoms with E-state index < -0.39 is 10.0 Å². The quantitative estimate of drug-likeness (QED) is 0.485. The summed E-state index contributed by atoms with van der Waals surface area (Å²) in [5, 5.41) is 4.97. The first kappa shape index (κ1) is 22.6. The van der Waals surface area contributed by atoms with E-state index in [-0.39, 0.29) is 18.9 Å². The van der Waals surface area contributed by atoms with Gasteiger partial charge in [-0.1, -0.05) is 48.5 Å². The van der Waals surface area contributed by atoms with E-state index in [1.165, 1.54) is 10.6 Å². The Kier molecular flexibility index (Phi) is 7.52. The first-order valence-corrected chi connectivity index (χ1v) is 12.1. The number of amides is 1. The second-order valence-electron chi connectivity index (χ2n) is 7.45. The number of sulfonamides is 1. The van der Waals surface area contributed by atoms with Gasteiger partial charge in [0.25, 0.3) is 0 Å². The summed E-state index contributed by atoms with van der Waals surface area (Å²) in [7, 11) is -3.42. The molecule has 0 saturated carbocycles. The molecule has 1 amide bonds. The molecule has 0 aliphatic heterocycles. The van der Waals surface area contributed by atoms with E-state index in [2.05, 4.69) is 5.32 Å². The predicted molar refractivity (Wildman–Crippen MR) is 125 cm³/mol. The molecular formula is C24H28N2O4S. The maximum absolute atomic E-state index is 12.2. The van der Waals surface area contributed by atoms with Gasteiger partial charge in [-0.2, -0.15) is 0 Å². The molecule has 1 N–H and O–H groups in total. The highest BCUT2D eigenvalue weighted by atomic mass is 32.2. The number of carbonyl (C=O) groups is 1. The molecule has 0 saturated heterocycles. The lowest BCUT2D eigenvalue weighted by Gasteiger charge is -2.22.